The third kappa shape index (κ3) is 13.8. The molecule has 0 saturated carbocycles. The number of likely N-dealkylation sites (tertiary alicyclic amines) is 1. The average molecular weight is 832 g/mol. The predicted octanol–water partition coefficient (Wildman–Crippen LogP) is -0.0472. The summed E-state index contributed by atoms with van der Waals surface area (Å²) in [5.41, 5.74) is 18.4. The first kappa shape index (κ1) is 46.2. The van der Waals surface area contributed by atoms with E-state index in [1.54, 1.807) is 44.2 Å². The van der Waals surface area contributed by atoms with Crippen LogP contribution in [0.1, 0.15) is 57.1 Å². The van der Waals surface area contributed by atoms with Crippen molar-refractivity contribution in [2.45, 2.75) is 93.7 Å². The molecule has 1 saturated heterocycles. The number of carbonyl (C=O) groups is 7. The Kier molecular flexibility index (Phi) is 17.2. The Labute approximate surface area is 349 Å². The van der Waals surface area contributed by atoms with Gasteiger partial charge in [0.1, 0.15) is 30.2 Å². The van der Waals surface area contributed by atoms with E-state index in [0.717, 1.165) is 21.9 Å². The number of amides is 7. The molecule has 0 radical (unpaired) electrons. The van der Waals surface area contributed by atoms with Crippen molar-refractivity contribution in [3.05, 3.63) is 83.9 Å². The van der Waals surface area contributed by atoms with Crippen LogP contribution >= 0.6 is 12.6 Å². The van der Waals surface area contributed by atoms with Crippen LogP contribution in [0.3, 0.4) is 0 Å². The minimum absolute atomic E-state index is 0.0616. The first-order chi connectivity index (χ1) is 28.1. The SMILES string of the molecule is CC(C)(S)[C@H](NC(=O)[C@H](Cc1ccccc1)NC(=O)[C@H](CCCCN)NC(=O)CNC(=O)[C@@H]1CCCN1C(=O)[C@H](Cc1ccc2ccccc2c1)NC(=O)CN)C(N)=O. The number of carbonyl (C=O) groups excluding carboxylic acids is 7. The maximum atomic E-state index is 14.0. The summed E-state index contributed by atoms with van der Waals surface area (Å²) in [4.78, 5) is 94.3. The Morgan fingerprint density at radius 3 is 2.07 bits per heavy atom. The zero-order valence-electron chi connectivity index (χ0n) is 33.6. The van der Waals surface area contributed by atoms with Gasteiger partial charge in [-0.05, 0) is 74.4 Å². The van der Waals surface area contributed by atoms with Gasteiger partial charge < -0.3 is 48.7 Å². The third-order valence-electron chi connectivity index (χ3n) is 10.1. The summed E-state index contributed by atoms with van der Waals surface area (Å²) in [7, 11) is 0. The van der Waals surface area contributed by atoms with Crippen LogP contribution < -0.4 is 43.8 Å². The summed E-state index contributed by atoms with van der Waals surface area (Å²) in [6.07, 6.45) is 2.29. The molecule has 1 aliphatic heterocycles. The van der Waals surface area contributed by atoms with Gasteiger partial charge in [-0.1, -0.05) is 72.8 Å². The highest BCUT2D eigenvalue weighted by atomic mass is 32.1. The van der Waals surface area contributed by atoms with Crippen molar-refractivity contribution in [3.63, 3.8) is 0 Å². The predicted molar refractivity (Wildman–Crippen MR) is 227 cm³/mol. The molecule has 0 aliphatic carbocycles. The highest BCUT2D eigenvalue weighted by Crippen LogP contribution is 2.22. The Morgan fingerprint density at radius 2 is 1.41 bits per heavy atom. The van der Waals surface area contributed by atoms with Gasteiger partial charge >= 0.3 is 0 Å². The number of nitrogens with two attached hydrogens (primary N) is 3. The lowest BCUT2D eigenvalue weighted by Gasteiger charge is -2.30. The van der Waals surface area contributed by atoms with E-state index in [4.69, 9.17) is 17.2 Å². The molecule has 17 heteroatoms. The first-order valence-corrected chi connectivity index (χ1v) is 20.3. The standard InChI is InChI=1S/C42H57N9O7S/c1-42(2,59)36(37(45)54)50-39(56)31(22-26-11-4-3-5-12-26)49-38(55)30(15-8-9-19-43)47-35(53)25-46-40(57)33-16-10-20-51(33)41(58)32(48-34(52)24-44)23-27-17-18-28-13-6-7-14-29(28)21-27/h3-7,11-14,17-18,21,30-33,36,59H,8-10,15-16,19-20,22-25,43-44H2,1-2H3,(H2,45,54)(H,46,57)(H,47,53)(H,48,52)(H,49,55)(H,50,56)/t30-,31-,32-,33-,36+/m0/s1. The molecule has 16 nitrogen and oxygen atoms in total. The van der Waals surface area contributed by atoms with Crippen molar-refractivity contribution in [1.82, 2.24) is 31.5 Å². The van der Waals surface area contributed by atoms with E-state index in [1.165, 1.54) is 4.90 Å². The number of benzene rings is 3. The highest BCUT2D eigenvalue weighted by Gasteiger charge is 2.38. The molecule has 5 atom stereocenters. The second-order valence-corrected chi connectivity index (χ2v) is 16.4. The van der Waals surface area contributed by atoms with E-state index in [1.807, 2.05) is 42.5 Å². The van der Waals surface area contributed by atoms with Crippen LogP contribution in [0.25, 0.3) is 10.8 Å². The fourth-order valence-corrected chi connectivity index (χ4v) is 7.21. The van der Waals surface area contributed by atoms with Crippen LogP contribution in [0.2, 0.25) is 0 Å². The average Bonchev–Trinajstić information content (AvgIpc) is 3.71. The number of nitrogens with zero attached hydrogens (tertiary/aromatic N) is 1. The summed E-state index contributed by atoms with van der Waals surface area (Å²) < 4.78 is -1.02. The molecular formula is C42H57N9O7S. The Morgan fingerprint density at radius 1 is 0.763 bits per heavy atom. The monoisotopic (exact) mass is 831 g/mol. The number of hydrogen-bond acceptors (Lipinski definition) is 10. The van der Waals surface area contributed by atoms with Crippen molar-refractivity contribution in [1.29, 1.82) is 0 Å². The molecule has 0 bridgehead atoms. The summed E-state index contributed by atoms with van der Waals surface area (Å²) in [5, 5.41) is 15.3. The molecule has 0 unspecified atom stereocenters. The van der Waals surface area contributed by atoms with E-state index in [9.17, 15) is 33.6 Å². The molecule has 1 fully saturated rings. The Balaban J connectivity index is 1.43. The van der Waals surface area contributed by atoms with Crippen LogP contribution in [0, 0.1) is 0 Å². The number of fused-ring (bicyclic) bond motifs is 1. The van der Waals surface area contributed by atoms with Crippen LogP contribution in [-0.4, -0.2) is 107 Å². The number of nitrogens with one attached hydrogen (secondary N) is 5. The molecule has 59 heavy (non-hydrogen) atoms. The molecule has 11 N–H and O–H groups in total. The lowest BCUT2D eigenvalue weighted by molar-refractivity contribution is -0.141. The molecule has 7 amide bonds. The van der Waals surface area contributed by atoms with E-state index in [2.05, 4.69) is 39.2 Å². The molecule has 0 aromatic heterocycles. The van der Waals surface area contributed by atoms with Crippen LogP contribution in [0.4, 0.5) is 0 Å². The van der Waals surface area contributed by atoms with Crippen molar-refractivity contribution in [2.75, 3.05) is 26.2 Å². The number of primary amides is 1. The number of unbranched alkanes of at least 4 members (excludes halogenated alkanes) is 1. The molecule has 3 aromatic rings. The van der Waals surface area contributed by atoms with E-state index in [-0.39, 0.29) is 32.4 Å². The van der Waals surface area contributed by atoms with Gasteiger partial charge in [0, 0.05) is 24.1 Å². The molecule has 4 rings (SSSR count). The number of thiol groups is 1. The van der Waals surface area contributed by atoms with Gasteiger partial charge in [0.05, 0.1) is 13.1 Å². The molecule has 0 spiro atoms. The fraction of sp³-hybridized carbons (Fsp3) is 0.452. The summed E-state index contributed by atoms with van der Waals surface area (Å²) >= 11 is 4.42. The van der Waals surface area contributed by atoms with Gasteiger partial charge in [0.15, 0.2) is 0 Å². The summed E-state index contributed by atoms with van der Waals surface area (Å²) in [5.74, 6) is -4.36. The van der Waals surface area contributed by atoms with Gasteiger partial charge in [0.25, 0.3) is 0 Å². The summed E-state index contributed by atoms with van der Waals surface area (Å²) in [6, 6.07) is 17.1. The number of hydrogen-bond donors (Lipinski definition) is 9. The Hall–Kier alpha value is -5.52. The van der Waals surface area contributed by atoms with E-state index >= 15 is 0 Å². The first-order valence-electron chi connectivity index (χ1n) is 19.8. The lowest BCUT2D eigenvalue weighted by Crippen LogP contribution is -2.60. The maximum Gasteiger partial charge on any atom is 0.246 e. The zero-order chi connectivity index (χ0) is 43.1. The van der Waals surface area contributed by atoms with Gasteiger partial charge in [-0.15, -0.1) is 0 Å². The van der Waals surface area contributed by atoms with Crippen LogP contribution in [-0.2, 0) is 46.4 Å². The minimum Gasteiger partial charge on any atom is -0.368 e. The van der Waals surface area contributed by atoms with E-state index in [0.29, 0.717) is 32.2 Å². The fourth-order valence-electron chi connectivity index (χ4n) is 7.02. The van der Waals surface area contributed by atoms with E-state index < -0.39 is 82.9 Å². The summed E-state index contributed by atoms with van der Waals surface area (Å²) in [6.45, 7) is 3.02. The second-order valence-electron chi connectivity index (χ2n) is 15.3. The Bertz CT molecular complexity index is 1960. The second kappa shape index (κ2) is 22.0. The molecule has 3 aromatic carbocycles. The molecule has 318 valence electrons. The maximum absolute atomic E-state index is 14.0. The normalized spacial score (nSPS) is 15.9. The van der Waals surface area contributed by atoms with Gasteiger partial charge in [-0.2, -0.15) is 12.6 Å². The minimum atomic E-state index is -1.17. The highest BCUT2D eigenvalue weighted by molar-refractivity contribution is 7.81. The quantitative estimate of drug-likeness (QED) is 0.0515. The lowest BCUT2D eigenvalue weighted by atomic mass is 10.00. The molecular weight excluding hydrogens is 775 g/mol. The van der Waals surface area contributed by atoms with Gasteiger partial charge in [0.2, 0.25) is 41.4 Å². The van der Waals surface area contributed by atoms with Crippen molar-refractivity contribution < 1.29 is 33.6 Å². The smallest absolute Gasteiger partial charge is 0.246 e. The van der Waals surface area contributed by atoms with Crippen molar-refractivity contribution in [3.8, 4) is 0 Å². The third-order valence-corrected chi connectivity index (χ3v) is 10.4. The van der Waals surface area contributed by atoms with Crippen molar-refractivity contribution in [2.24, 2.45) is 17.2 Å². The largest absolute Gasteiger partial charge is 0.368 e. The molecule has 1 aliphatic rings. The van der Waals surface area contributed by atoms with Gasteiger partial charge in [-0.3, -0.25) is 33.6 Å². The number of rotatable bonds is 21. The molecule has 1 heterocycles. The topological polar surface area (TPSA) is 261 Å². The van der Waals surface area contributed by atoms with Gasteiger partial charge in [-0.25, -0.2) is 0 Å². The van der Waals surface area contributed by atoms with Crippen LogP contribution in [0.15, 0.2) is 72.8 Å². The zero-order valence-corrected chi connectivity index (χ0v) is 34.5. The van der Waals surface area contributed by atoms with Crippen LogP contribution in [0.5, 0.6) is 0 Å². The van der Waals surface area contributed by atoms with Crippen molar-refractivity contribution >= 4 is 64.8 Å².